The third kappa shape index (κ3) is 1.79. The smallest absolute Gasteiger partial charge is 0.110 e. The van der Waals surface area contributed by atoms with Crippen LogP contribution in [0.5, 0.6) is 0 Å². The Labute approximate surface area is 90.3 Å². The summed E-state index contributed by atoms with van der Waals surface area (Å²) in [6.07, 6.45) is 6.44. The summed E-state index contributed by atoms with van der Waals surface area (Å²) < 4.78 is 2.29. The quantitative estimate of drug-likeness (QED) is 0.707. The van der Waals surface area contributed by atoms with Crippen molar-refractivity contribution in [2.24, 2.45) is 0 Å². The molecule has 0 bridgehead atoms. The number of hydrogen-bond donors (Lipinski definition) is 1. The molecule has 4 nitrogen and oxygen atoms in total. The zero-order chi connectivity index (χ0) is 10.1. The Morgan fingerprint density at radius 3 is 3.00 bits per heavy atom. The van der Waals surface area contributed by atoms with Crippen LogP contribution in [-0.4, -0.2) is 46.7 Å². The van der Waals surface area contributed by atoms with Crippen molar-refractivity contribution in [3.63, 3.8) is 0 Å². The van der Waals surface area contributed by atoms with Crippen LogP contribution in [0.1, 0.15) is 12.2 Å². The number of fused-ring (bicyclic) bond motifs is 1. The zero-order valence-corrected chi connectivity index (χ0v) is 9.02. The maximum absolute atomic E-state index is 4.42. The van der Waals surface area contributed by atoms with Crippen LogP contribution >= 0.6 is 0 Å². The van der Waals surface area contributed by atoms with Gasteiger partial charge in [-0.15, -0.1) is 0 Å². The Bertz CT molecular complexity index is 327. The van der Waals surface area contributed by atoms with Gasteiger partial charge in [-0.2, -0.15) is 0 Å². The minimum absolute atomic E-state index is 0.724. The lowest BCUT2D eigenvalue weighted by Gasteiger charge is -2.37. The minimum Gasteiger partial charge on any atom is -0.335 e. The van der Waals surface area contributed by atoms with E-state index in [0.29, 0.717) is 0 Å². The van der Waals surface area contributed by atoms with E-state index in [1.54, 1.807) is 0 Å². The van der Waals surface area contributed by atoms with E-state index in [4.69, 9.17) is 0 Å². The Balaban J connectivity index is 1.69. The van der Waals surface area contributed by atoms with Crippen LogP contribution in [0, 0.1) is 0 Å². The molecule has 3 heterocycles. The molecule has 1 N–H and O–H groups in total. The van der Waals surface area contributed by atoms with Crippen LogP contribution in [0.25, 0.3) is 0 Å². The summed E-state index contributed by atoms with van der Waals surface area (Å²) >= 11 is 0. The standard InChI is InChI=1S/C11H18N4/c1-5-15-8-4-13-11(15)9-10(1)14-6-2-12-3-7-14/h4,8,10,12H,1-3,5-7,9H2. The first-order valence-electron chi connectivity index (χ1n) is 5.88. The van der Waals surface area contributed by atoms with Gasteiger partial charge in [0.15, 0.2) is 0 Å². The fraction of sp³-hybridized carbons (Fsp3) is 0.727. The van der Waals surface area contributed by atoms with Crippen LogP contribution in [0.3, 0.4) is 0 Å². The lowest BCUT2D eigenvalue weighted by molar-refractivity contribution is 0.147. The maximum Gasteiger partial charge on any atom is 0.110 e. The molecule has 0 aliphatic carbocycles. The van der Waals surface area contributed by atoms with Crippen LogP contribution in [-0.2, 0) is 13.0 Å². The minimum atomic E-state index is 0.724. The van der Waals surface area contributed by atoms with Gasteiger partial charge in [-0.1, -0.05) is 0 Å². The summed E-state index contributed by atoms with van der Waals surface area (Å²) in [6.45, 7) is 5.83. The van der Waals surface area contributed by atoms with Gasteiger partial charge in [-0.25, -0.2) is 4.98 Å². The first-order chi connectivity index (χ1) is 7.43. The van der Waals surface area contributed by atoms with Crippen molar-refractivity contribution in [1.82, 2.24) is 19.8 Å². The van der Waals surface area contributed by atoms with E-state index in [9.17, 15) is 0 Å². The number of rotatable bonds is 1. The highest BCUT2D eigenvalue weighted by atomic mass is 15.2. The molecule has 4 heteroatoms. The topological polar surface area (TPSA) is 33.1 Å². The average Bonchev–Trinajstić information content (AvgIpc) is 2.77. The average molecular weight is 206 g/mol. The third-order valence-corrected chi connectivity index (χ3v) is 3.59. The first kappa shape index (κ1) is 9.36. The Morgan fingerprint density at radius 1 is 1.27 bits per heavy atom. The molecule has 0 saturated carbocycles. The number of piperazine rings is 1. The van der Waals surface area contributed by atoms with Gasteiger partial charge in [0.05, 0.1) is 0 Å². The zero-order valence-electron chi connectivity index (χ0n) is 9.02. The third-order valence-electron chi connectivity index (χ3n) is 3.59. The predicted octanol–water partition coefficient (Wildman–Crippen LogP) is 0.103. The summed E-state index contributed by atoms with van der Waals surface area (Å²) in [7, 11) is 0. The molecule has 0 radical (unpaired) electrons. The molecule has 2 aliphatic rings. The number of hydrogen-bond acceptors (Lipinski definition) is 3. The molecule has 3 rings (SSSR count). The largest absolute Gasteiger partial charge is 0.335 e. The van der Waals surface area contributed by atoms with Crippen molar-refractivity contribution in [2.75, 3.05) is 26.2 Å². The van der Waals surface area contributed by atoms with Crippen molar-refractivity contribution < 1.29 is 0 Å². The summed E-state index contributed by atoms with van der Waals surface area (Å²) in [5.74, 6) is 1.27. The molecule has 1 fully saturated rings. The van der Waals surface area contributed by atoms with Crippen molar-refractivity contribution in [2.45, 2.75) is 25.4 Å². The van der Waals surface area contributed by atoms with Crippen LogP contribution in [0.4, 0.5) is 0 Å². The molecule has 82 valence electrons. The van der Waals surface area contributed by atoms with Crippen molar-refractivity contribution in [3.05, 3.63) is 18.2 Å². The maximum atomic E-state index is 4.42. The van der Waals surface area contributed by atoms with Crippen LogP contribution < -0.4 is 5.32 Å². The van der Waals surface area contributed by atoms with Gasteiger partial charge >= 0.3 is 0 Å². The van der Waals surface area contributed by atoms with Gasteiger partial charge in [0.2, 0.25) is 0 Å². The van der Waals surface area contributed by atoms with E-state index in [-0.39, 0.29) is 0 Å². The summed E-state index contributed by atoms with van der Waals surface area (Å²) in [5, 5.41) is 3.41. The number of nitrogens with one attached hydrogen (secondary N) is 1. The lowest BCUT2D eigenvalue weighted by atomic mass is 10.0. The fourth-order valence-electron chi connectivity index (χ4n) is 2.69. The normalized spacial score (nSPS) is 27.6. The van der Waals surface area contributed by atoms with E-state index in [2.05, 4.69) is 26.0 Å². The highest BCUT2D eigenvalue weighted by Gasteiger charge is 2.25. The molecule has 0 amide bonds. The van der Waals surface area contributed by atoms with E-state index in [0.717, 1.165) is 32.1 Å². The molecule has 1 saturated heterocycles. The molecule has 1 atom stereocenters. The predicted molar refractivity (Wildman–Crippen MR) is 58.8 cm³/mol. The van der Waals surface area contributed by atoms with Crippen molar-refractivity contribution >= 4 is 0 Å². The molecule has 1 aromatic heterocycles. The van der Waals surface area contributed by atoms with Crippen LogP contribution in [0.2, 0.25) is 0 Å². The van der Waals surface area contributed by atoms with Crippen molar-refractivity contribution in [3.8, 4) is 0 Å². The molecule has 2 aliphatic heterocycles. The van der Waals surface area contributed by atoms with E-state index >= 15 is 0 Å². The van der Waals surface area contributed by atoms with Gasteiger partial charge in [-0.3, -0.25) is 4.90 Å². The van der Waals surface area contributed by atoms with Gasteiger partial charge in [0.25, 0.3) is 0 Å². The van der Waals surface area contributed by atoms with E-state index in [1.165, 1.54) is 25.3 Å². The van der Waals surface area contributed by atoms with Gasteiger partial charge in [0, 0.05) is 57.6 Å². The molecule has 1 aromatic rings. The summed E-state index contributed by atoms with van der Waals surface area (Å²) in [5.41, 5.74) is 0. The summed E-state index contributed by atoms with van der Waals surface area (Å²) in [6, 6.07) is 0.724. The summed E-state index contributed by atoms with van der Waals surface area (Å²) in [4.78, 5) is 7.04. The van der Waals surface area contributed by atoms with E-state index in [1.807, 2.05) is 6.20 Å². The lowest BCUT2D eigenvalue weighted by Crippen LogP contribution is -2.50. The Kier molecular flexibility index (Phi) is 2.46. The molecular formula is C11H18N4. The Morgan fingerprint density at radius 2 is 2.13 bits per heavy atom. The highest BCUT2D eigenvalue weighted by Crippen LogP contribution is 2.18. The second kappa shape index (κ2) is 3.94. The SMILES string of the molecule is c1cn2c(n1)CC(N1CCNCC1)CC2. The molecule has 0 spiro atoms. The molecule has 15 heavy (non-hydrogen) atoms. The molecular weight excluding hydrogens is 188 g/mol. The highest BCUT2D eigenvalue weighted by molar-refractivity contribution is 5.00. The number of imidazole rings is 1. The van der Waals surface area contributed by atoms with Crippen molar-refractivity contribution in [1.29, 1.82) is 0 Å². The monoisotopic (exact) mass is 206 g/mol. The number of nitrogens with zero attached hydrogens (tertiary/aromatic N) is 3. The molecule has 1 unspecified atom stereocenters. The number of aryl methyl sites for hydroxylation is 1. The van der Waals surface area contributed by atoms with Crippen LogP contribution in [0.15, 0.2) is 12.4 Å². The first-order valence-corrected chi connectivity index (χ1v) is 5.88. The second-order valence-electron chi connectivity index (χ2n) is 4.47. The van der Waals surface area contributed by atoms with Gasteiger partial charge < -0.3 is 9.88 Å². The fourth-order valence-corrected chi connectivity index (χ4v) is 2.69. The number of aromatic nitrogens is 2. The van der Waals surface area contributed by atoms with E-state index < -0.39 is 0 Å². The second-order valence-corrected chi connectivity index (χ2v) is 4.47. The van der Waals surface area contributed by atoms with Gasteiger partial charge in [-0.05, 0) is 6.42 Å². The molecule has 0 aromatic carbocycles. The van der Waals surface area contributed by atoms with Gasteiger partial charge in [0.1, 0.15) is 5.82 Å². The Hall–Kier alpha value is -0.870.